The van der Waals surface area contributed by atoms with Crippen LogP contribution in [0.5, 0.6) is 11.5 Å². The van der Waals surface area contributed by atoms with E-state index in [0.29, 0.717) is 6.61 Å². The first-order valence-electron chi connectivity index (χ1n) is 9.27. The van der Waals surface area contributed by atoms with E-state index in [1.54, 1.807) is 12.1 Å². The summed E-state index contributed by atoms with van der Waals surface area (Å²) >= 11 is 7.74. The maximum absolute atomic E-state index is 9.71. The van der Waals surface area contributed by atoms with E-state index in [1.165, 1.54) is 16.9 Å². The van der Waals surface area contributed by atoms with Gasteiger partial charge in [0.25, 0.3) is 0 Å². The number of hydrogen-bond acceptors (Lipinski definition) is 4. The standard InChI is InChI=1S/C23H24ClNO2S/c1-3-21(18-14-22(24)28-15-18)23(16-4-8-19(26)9-5-16)17-6-10-20(11-7-17)27-13-12-25-2/h4-11,14-15,25-26H,3,12-13H2,1-2H3. The van der Waals surface area contributed by atoms with Crippen molar-refractivity contribution in [3.63, 3.8) is 0 Å². The number of ether oxygens (including phenoxy) is 1. The monoisotopic (exact) mass is 413 g/mol. The van der Waals surface area contributed by atoms with Gasteiger partial charge in [0.1, 0.15) is 18.1 Å². The Morgan fingerprint density at radius 1 is 1.04 bits per heavy atom. The molecule has 0 aliphatic heterocycles. The molecule has 2 N–H and O–H groups in total. The van der Waals surface area contributed by atoms with E-state index in [9.17, 15) is 5.11 Å². The summed E-state index contributed by atoms with van der Waals surface area (Å²) in [7, 11) is 1.91. The van der Waals surface area contributed by atoms with Gasteiger partial charge in [0.15, 0.2) is 0 Å². The first kappa shape index (κ1) is 20.5. The van der Waals surface area contributed by atoms with Crippen LogP contribution in [0.25, 0.3) is 11.1 Å². The molecule has 0 spiro atoms. The molecule has 0 saturated heterocycles. The summed E-state index contributed by atoms with van der Waals surface area (Å²) in [5, 5.41) is 14.9. The van der Waals surface area contributed by atoms with Crippen LogP contribution in [0.4, 0.5) is 0 Å². The minimum atomic E-state index is 0.257. The molecule has 0 radical (unpaired) electrons. The van der Waals surface area contributed by atoms with E-state index in [-0.39, 0.29) is 5.75 Å². The predicted octanol–water partition coefficient (Wildman–Crippen LogP) is 6.07. The van der Waals surface area contributed by atoms with Crippen molar-refractivity contribution in [1.82, 2.24) is 5.32 Å². The Labute approximate surface area is 175 Å². The van der Waals surface area contributed by atoms with Crippen LogP contribution in [-0.4, -0.2) is 25.3 Å². The number of thiophene rings is 1. The Morgan fingerprint density at radius 2 is 1.68 bits per heavy atom. The summed E-state index contributed by atoms with van der Waals surface area (Å²) in [5.74, 6) is 1.11. The molecule has 0 aliphatic rings. The SMILES string of the molecule is CCC(=C(c1ccc(O)cc1)c1ccc(OCCNC)cc1)c1csc(Cl)c1. The molecule has 0 bridgehead atoms. The Morgan fingerprint density at radius 3 is 2.21 bits per heavy atom. The third kappa shape index (κ3) is 4.96. The van der Waals surface area contributed by atoms with E-state index in [1.807, 2.05) is 37.4 Å². The average Bonchev–Trinajstić information content (AvgIpc) is 3.14. The molecule has 2 aromatic carbocycles. The third-order valence-corrected chi connectivity index (χ3v) is 5.58. The molecule has 1 aromatic heterocycles. The molecule has 3 rings (SSSR count). The molecule has 0 amide bonds. The van der Waals surface area contributed by atoms with Gasteiger partial charge in [-0.05, 0) is 77.0 Å². The predicted molar refractivity (Wildman–Crippen MR) is 120 cm³/mol. The van der Waals surface area contributed by atoms with E-state index in [2.05, 4.69) is 29.8 Å². The Balaban J connectivity index is 2.06. The Hall–Kier alpha value is -2.27. The fourth-order valence-electron chi connectivity index (χ4n) is 3.13. The zero-order valence-electron chi connectivity index (χ0n) is 16.0. The quantitative estimate of drug-likeness (QED) is 0.440. The van der Waals surface area contributed by atoms with Crippen LogP contribution >= 0.6 is 22.9 Å². The van der Waals surface area contributed by atoms with Gasteiger partial charge in [0, 0.05) is 6.54 Å². The van der Waals surface area contributed by atoms with Crippen LogP contribution in [0.15, 0.2) is 60.0 Å². The van der Waals surface area contributed by atoms with E-state index in [4.69, 9.17) is 16.3 Å². The summed E-state index contributed by atoms with van der Waals surface area (Å²) < 4.78 is 6.53. The normalized spacial score (nSPS) is 12.0. The minimum Gasteiger partial charge on any atom is -0.508 e. The van der Waals surface area contributed by atoms with Crippen molar-refractivity contribution >= 4 is 34.1 Å². The smallest absolute Gasteiger partial charge is 0.119 e. The van der Waals surface area contributed by atoms with Crippen molar-refractivity contribution < 1.29 is 9.84 Å². The number of likely N-dealkylation sites (N-methyl/N-ethyl adjacent to an activating group) is 1. The molecule has 28 heavy (non-hydrogen) atoms. The van der Waals surface area contributed by atoms with E-state index >= 15 is 0 Å². The Kier molecular flexibility index (Phi) is 7.15. The summed E-state index contributed by atoms with van der Waals surface area (Å²) in [6.45, 7) is 3.58. The lowest BCUT2D eigenvalue weighted by molar-refractivity contribution is 0.318. The second-order valence-electron chi connectivity index (χ2n) is 6.37. The third-order valence-electron chi connectivity index (χ3n) is 4.49. The first-order chi connectivity index (χ1) is 13.6. The highest BCUT2D eigenvalue weighted by atomic mass is 35.5. The van der Waals surface area contributed by atoms with Crippen LogP contribution in [0.2, 0.25) is 4.34 Å². The molecule has 0 fully saturated rings. The summed E-state index contributed by atoms with van der Waals surface area (Å²) in [6, 6.07) is 17.5. The van der Waals surface area contributed by atoms with Crippen molar-refractivity contribution in [3.05, 3.63) is 81.0 Å². The minimum absolute atomic E-state index is 0.257. The van der Waals surface area contributed by atoms with Crippen molar-refractivity contribution in [2.24, 2.45) is 0 Å². The Bertz CT molecular complexity index is 930. The molecular formula is C23H24ClNO2S. The lowest BCUT2D eigenvalue weighted by atomic mass is 9.89. The molecule has 0 atom stereocenters. The maximum Gasteiger partial charge on any atom is 0.119 e. The second kappa shape index (κ2) is 9.78. The van der Waals surface area contributed by atoms with Crippen molar-refractivity contribution in [2.75, 3.05) is 20.2 Å². The number of hydrogen-bond donors (Lipinski definition) is 2. The van der Waals surface area contributed by atoms with Crippen LogP contribution in [0, 0.1) is 0 Å². The molecule has 3 aromatic rings. The molecule has 5 heteroatoms. The maximum atomic E-state index is 9.71. The molecule has 0 aliphatic carbocycles. The summed E-state index contributed by atoms with van der Waals surface area (Å²) in [6.07, 6.45) is 0.865. The number of benzene rings is 2. The van der Waals surface area contributed by atoms with Gasteiger partial charge in [0.2, 0.25) is 0 Å². The van der Waals surface area contributed by atoms with Gasteiger partial charge < -0.3 is 15.2 Å². The fraction of sp³-hybridized carbons (Fsp3) is 0.217. The second-order valence-corrected chi connectivity index (χ2v) is 7.91. The molecular weight excluding hydrogens is 390 g/mol. The average molecular weight is 414 g/mol. The highest BCUT2D eigenvalue weighted by Crippen LogP contribution is 2.37. The van der Waals surface area contributed by atoms with Crippen LogP contribution in [0.1, 0.15) is 30.0 Å². The van der Waals surface area contributed by atoms with Gasteiger partial charge in [-0.25, -0.2) is 0 Å². The molecule has 0 saturated carbocycles. The number of halogens is 1. The number of phenolic OH excluding ortho intramolecular Hbond substituents is 1. The summed E-state index contributed by atoms with van der Waals surface area (Å²) in [5.41, 5.74) is 5.65. The number of nitrogens with one attached hydrogen (secondary N) is 1. The first-order valence-corrected chi connectivity index (χ1v) is 10.5. The van der Waals surface area contributed by atoms with Crippen LogP contribution in [-0.2, 0) is 0 Å². The highest BCUT2D eigenvalue weighted by molar-refractivity contribution is 7.14. The number of allylic oxidation sites excluding steroid dienone is 1. The number of phenols is 1. The summed E-state index contributed by atoms with van der Waals surface area (Å²) in [4.78, 5) is 0. The highest BCUT2D eigenvalue weighted by Gasteiger charge is 2.14. The molecule has 3 nitrogen and oxygen atoms in total. The molecule has 1 heterocycles. The van der Waals surface area contributed by atoms with Crippen LogP contribution in [0.3, 0.4) is 0 Å². The zero-order valence-corrected chi connectivity index (χ0v) is 17.6. The van der Waals surface area contributed by atoms with E-state index < -0.39 is 0 Å². The number of aromatic hydroxyl groups is 1. The van der Waals surface area contributed by atoms with Gasteiger partial charge in [-0.1, -0.05) is 42.8 Å². The molecule has 146 valence electrons. The van der Waals surface area contributed by atoms with Crippen molar-refractivity contribution in [2.45, 2.75) is 13.3 Å². The largest absolute Gasteiger partial charge is 0.508 e. The number of rotatable bonds is 8. The van der Waals surface area contributed by atoms with Crippen molar-refractivity contribution in [1.29, 1.82) is 0 Å². The topological polar surface area (TPSA) is 41.5 Å². The molecule has 0 unspecified atom stereocenters. The fourth-order valence-corrected chi connectivity index (χ4v) is 4.02. The van der Waals surface area contributed by atoms with Crippen molar-refractivity contribution in [3.8, 4) is 11.5 Å². The zero-order chi connectivity index (χ0) is 19.9. The van der Waals surface area contributed by atoms with Gasteiger partial charge in [-0.3, -0.25) is 0 Å². The van der Waals surface area contributed by atoms with Crippen LogP contribution < -0.4 is 10.1 Å². The lowest BCUT2D eigenvalue weighted by Crippen LogP contribution is -2.15. The van der Waals surface area contributed by atoms with Gasteiger partial charge in [-0.2, -0.15) is 0 Å². The van der Waals surface area contributed by atoms with Gasteiger partial charge >= 0.3 is 0 Å². The van der Waals surface area contributed by atoms with Gasteiger partial charge in [-0.15, -0.1) is 11.3 Å². The van der Waals surface area contributed by atoms with Gasteiger partial charge in [0.05, 0.1) is 4.34 Å². The lowest BCUT2D eigenvalue weighted by Gasteiger charge is -2.16. The van der Waals surface area contributed by atoms with E-state index in [0.717, 1.165) is 45.3 Å².